The molecule has 0 aromatic heterocycles. The van der Waals surface area contributed by atoms with Gasteiger partial charge in [-0.2, -0.15) is 23.5 Å². The smallest absolute Gasteiger partial charge is 0.223 e. The lowest BCUT2D eigenvalue weighted by molar-refractivity contribution is -0.128. The molecular weight excluding hydrogens is 264 g/mol. The van der Waals surface area contributed by atoms with Crippen molar-refractivity contribution < 1.29 is 4.79 Å². The largest absolute Gasteiger partial charge is 0.339 e. The lowest BCUT2D eigenvalue weighted by Crippen LogP contribution is -2.37. The molecule has 1 atom stereocenters. The highest BCUT2D eigenvalue weighted by Crippen LogP contribution is 2.32. The topological polar surface area (TPSA) is 32.3 Å². The Morgan fingerprint density at radius 3 is 2.61 bits per heavy atom. The number of thioether (sulfide) groups is 2. The molecule has 2 aliphatic heterocycles. The molecule has 2 heterocycles. The summed E-state index contributed by atoms with van der Waals surface area (Å²) in [5.41, 5.74) is 0. The van der Waals surface area contributed by atoms with E-state index in [-0.39, 0.29) is 0 Å². The summed E-state index contributed by atoms with van der Waals surface area (Å²) in [6.07, 6.45) is 3.25. The average molecular weight is 286 g/mol. The van der Waals surface area contributed by atoms with Crippen molar-refractivity contribution >= 4 is 29.4 Å². The molecule has 5 heteroatoms. The van der Waals surface area contributed by atoms with Crippen LogP contribution in [0, 0.1) is 5.92 Å². The first-order chi connectivity index (χ1) is 8.83. The van der Waals surface area contributed by atoms with Crippen molar-refractivity contribution in [2.24, 2.45) is 5.92 Å². The summed E-state index contributed by atoms with van der Waals surface area (Å²) in [4.78, 5) is 14.0. The highest BCUT2D eigenvalue weighted by molar-refractivity contribution is 8.03. The fourth-order valence-corrected chi connectivity index (χ4v) is 5.22. The van der Waals surface area contributed by atoms with Crippen molar-refractivity contribution in [2.45, 2.75) is 31.3 Å². The van der Waals surface area contributed by atoms with Crippen LogP contribution in [-0.2, 0) is 4.79 Å². The maximum Gasteiger partial charge on any atom is 0.223 e. The summed E-state index contributed by atoms with van der Waals surface area (Å²) in [6.45, 7) is 2.03. The summed E-state index contributed by atoms with van der Waals surface area (Å²) < 4.78 is 0. The fraction of sp³-hybridized carbons (Fsp3) is 0.923. The molecule has 0 spiro atoms. The molecule has 1 N–H and O–H groups in total. The van der Waals surface area contributed by atoms with E-state index in [0.717, 1.165) is 19.5 Å². The summed E-state index contributed by atoms with van der Waals surface area (Å²) >= 11 is 4.12. The van der Waals surface area contributed by atoms with E-state index in [2.05, 4.69) is 33.7 Å². The molecule has 1 unspecified atom stereocenters. The minimum absolute atomic E-state index is 0.397. The Morgan fingerprint density at radius 1 is 1.22 bits per heavy atom. The second-order valence-electron chi connectivity index (χ2n) is 5.60. The van der Waals surface area contributed by atoms with Gasteiger partial charge in [-0.3, -0.25) is 4.79 Å². The zero-order valence-corrected chi connectivity index (χ0v) is 12.4. The van der Waals surface area contributed by atoms with E-state index in [4.69, 9.17) is 0 Å². The minimum atomic E-state index is 0.397. The quantitative estimate of drug-likeness (QED) is 0.847. The van der Waals surface area contributed by atoms with Gasteiger partial charge in [0.05, 0.1) is 0 Å². The first-order valence-corrected chi connectivity index (χ1v) is 9.32. The van der Waals surface area contributed by atoms with Crippen LogP contribution in [0.25, 0.3) is 0 Å². The molecule has 102 valence electrons. The van der Waals surface area contributed by atoms with Gasteiger partial charge in [0.1, 0.15) is 0 Å². The molecule has 2 saturated heterocycles. The van der Waals surface area contributed by atoms with Gasteiger partial charge in [-0.15, -0.1) is 0 Å². The monoisotopic (exact) mass is 286 g/mol. The predicted octanol–water partition coefficient (Wildman–Crippen LogP) is 1.44. The normalized spacial score (nSPS) is 30.8. The van der Waals surface area contributed by atoms with Crippen LogP contribution in [0.2, 0.25) is 0 Å². The number of carbonyl (C=O) groups excluding carboxylic acids is 1. The number of hydrogen-bond acceptors (Lipinski definition) is 4. The molecule has 18 heavy (non-hydrogen) atoms. The fourth-order valence-electron chi connectivity index (χ4n) is 2.75. The Balaban J connectivity index is 1.41. The molecule has 0 radical (unpaired) electrons. The first-order valence-electron chi connectivity index (χ1n) is 7.01. The number of carbonyl (C=O) groups is 1. The Morgan fingerprint density at radius 2 is 1.94 bits per heavy atom. The van der Waals surface area contributed by atoms with Crippen molar-refractivity contribution in [1.82, 2.24) is 10.2 Å². The Bertz CT molecular complexity index is 301. The number of likely N-dealkylation sites (tertiary alicyclic amines) is 1. The summed E-state index contributed by atoms with van der Waals surface area (Å²) in [7, 11) is 0. The summed E-state index contributed by atoms with van der Waals surface area (Å²) in [5, 5.41) is 3.68. The van der Waals surface area contributed by atoms with E-state index in [9.17, 15) is 4.79 Å². The molecule has 1 aliphatic carbocycles. The summed E-state index contributed by atoms with van der Waals surface area (Å²) in [5.74, 6) is 6.01. The number of amides is 1. The van der Waals surface area contributed by atoms with E-state index in [1.807, 2.05) is 0 Å². The average Bonchev–Trinajstić information content (AvgIpc) is 3.16. The van der Waals surface area contributed by atoms with Crippen molar-refractivity contribution in [2.75, 3.05) is 36.1 Å². The molecule has 3 aliphatic rings. The van der Waals surface area contributed by atoms with Gasteiger partial charge in [0.2, 0.25) is 5.91 Å². The maximum atomic E-state index is 11.9. The van der Waals surface area contributed by atoms with E-state index in [1.165, 1.54) is 35.9 Å². The summed E-state index contributed by atoms with van der Waals surface area (Å²) in [6, 6.07) is 1.25. The van der Waals surface area contributed by atoms with Gasteiger partial charge in [-0.25, -0.2) is 0 Å². The minimum Gasteiger partial charge on any atom is -0.339 e. The van der Waals surface area contributed by atoms with Crippen LogP contribution < -0.4 is 5.32 Å². The molecule has 1 amide bonds. The van der Waals surface area contributed by atoms with Gasteiger partial charge in [-0.05, 0) is 18.8 Å². The predicted molar refractivity (Wildman–Crippen MR) is 79.3 cm³/mol. The van der Waals surface area contributed by atoms with E-state index < -0.39 is 0 Å². The van der Waals surface area contributed by atoms with Crippen molar-refractivity contribution in [3.05, 3.63) is 0 Å². The number of nitrogens with zero attached hydrogens (tertiary/aromatic N) is 1. The molecular formula is C13H22N2OS2. The van der Waals surface area contributed by atoms with E-state index in [0.29, 0.717) is 23.9 Å². The molecule has 0 aromatic carbocycles. The second kappa shape index (κ2) is 6.06. The first kappa shape index (κ1) is 13.1. The molecule has 3 nitrogen and oxygen atoms in total. The third-order valence-corrected chi connectivity index (χ3v) is 6.45. The van der Waals surface area contributed by atoms with Crippen LogP contribution in [-0.4, -0.2) is 59.0 Å². The van der Waals surface area contributed by atoms with Crippen LogP contribution >= 0.6 is 23.5 Å². The highest BCUT2D eigenvalue weighted by Gasteiger charge is 2.39. The maximum absolute atomic E-state index is 11.9. The van der Waals surface area contributed by atoms with Gasteiger partial charge >= 0.3 is 0 Å². The van der Waals surface area contributed by atoms with Gasteiger partial charge in [0, 0.05) is 54.6 Å². The third-order valence-electron chi connectivity index (χ3n) is 3.93. The van der Waals surface area contributed by atoms with Crippen LogP contribution in [0.1, 0.15) is 19.3 Å². The second-order valence-corrected chi connectivity index (χ2v) is 7.90. The molecule has 3 fully saturated rings. The lowest BCUT2D eigenvalue weighted by atomic mass is 10.1. The zero-order valence-electron chi connectivity index (χ0n) is 10.8. The van der Waals surface area contributed by atoms with Crippen LogP contribution in [0.5, 0.6) is 0 Å². The Labute approximate surface area is 118 Å². The van der Waals surface area contributed by atoms with Crippen LogP contribution in [0.3, 0.4) is 0 Å². The van der Waals surface area contributed by atoms with Crippen molar-refractivity contribution in [3.63, 3.8) is 0 Å². The van der Waals surface area contributed by atoms with Crippen LogP contribution in [0.4, 0.5) is 0 Å². The molecule has 1 saturated carbocycles. The van der Waals surface area contributed by atoms with Gasteiger partial charge < -0.3 is 10.2 Å². The standard InChI is InChI=1S/C13H22N2OS2/c16-13-5-10(7-15(13)12-1-2-12)6-14-11-8-17-3-4-18-9-11/h10-12,14H,1-9H2. The molecule has 0 aromatic rings. The Hall–Kier alpha value is 0.130. The number of nitrogens with one attached hydrogen (secondary N) is 1. The van der Waals surface area contributed by atoms with E-state index >= 15 is 0 Å². The van der Waals surface area contributed by atoms with Gasteiger partial charge in [0.25, 0.3) is 0 Å². The highest BCUT2D eigenvalue weighted by atomic mass is 32.2. The zero-order chi connectivity index (χ0) is 12.4. The molecule has 0 bridgehead atoms. The lowest BCUT2D eigenvalue weighted by Gasteiger charge is -2.19. The van der Waals surface area contributed by atoms with E-state index in [1.54, 1.807) is 0 Å². The SMILES string of the molecule is O=C1CC(CNC2CSCCSC2)CN1C1CC1. The van der Waals surface area contributed by atoms with Crippen LogP contribution in [0.15, 0.2) is 0 Å². The Kier molecular flexibility index (Phi) is 4.42. The van der Waals surface area contributed by atoms with Crippen molar-refractivity contribution in [3.8, 4) is 0 Å². The third kappa shape index (κ3) is 3.36. The van der Waals surface area contributed by atoms with Gasteiger partial charge in [-0.1, -0.05) is 0 Å². The molecule has 3 rings (SSSR count). The number of hydrogen-bond donors (Lipinski definition) is 1. The van der Waals surface area contributed by atoms with Crippen molar-refractivity contribution in [1.29, 1.82) is 0 Å². The number of rotatable bonds is 4. The van der Waals surface area contributed by atoms with Gasteiger partial charge in [0.15, 0.2) is 0 Å².